The average molecular weight is 733 g/mol. The molecule has 0 N–H and O–H groups in total. The Bertz CT molecular complexity index is 3040. The Hall–Kier alpha value is -7.16. The van der Waals surface area contributed by atoms with Crippen molar-refractivity contribution in [1.82, 2.24) is 15.0 Å². The molecule has 0 saturated heterocycles. The van der Waals surface area contributed by atoms with Crippen LogP contribution in [0.4, 0.5) is 0 Å². The first-order chi connectivity index (χ1) is 28.2. The van der Waals surface area contributed by atoms with Gasteiger partial charge in [-0.3, -0.25) is 0 Å². The quantitative estimate of drug-likeness (QED) is 0.176. The lowest BCUT2D eigenvalue weighted by Crippen LogP contribution is -2.28. The van der Waals surface area contributed by atoms with Crippen LogP contribution in [-0.2, 0) is 5.41 Å². The molecule has 0 unspecified atom stereocenters. The topological polar surface area (TPSA) is 75.6 Å². The third-order valence-corrected chi connectivity index (χ3v) is 12.2. The van der Waals surface area contributed by atoms with E-state index in [9.17, 15) is 5.26 Å². The van der Waals surface area contributed by atoms with Crippen molar-refractivity contribution >= 4 is 21.9 Å². The molecule has 5 heteroatoms. The van der Waals surface area contributed by atoms with Crippen molar-refractivity contribution in [3.05, 3.63) is 174 Å². The SMILES string of the molecule is N#Cc1ccc2c(c1)C1(CCCCC1)c1cccc(-c3ccc(-c4ccc(-c5nc(-c6ccccc6)nc(-c6cccc7oc8ccccc8c67)n5)cc4)cc3)c1-2. The summed E-state index contributed by atoms with van der Waals surface area (Å²) in [6.45, 7) is 0. The van der Waals surface area contributed by atoms with E-state index >= 15 is 0 Å². The molecule has 7 aromatic carbocycles. The van der Waals surface area contributed by atoms with Crippen molar-refractivity contribution in [3.63, 3.8) is 0 Å². The van der Waals surface area contributed by atoms with Crippen LogP contribution in [-0.4, -0.2) is 15.0 Å². The van der Waals surface area contributed by atoms with Gasteiger partial charge >= 0.3 is 0 Å². The minimum absolute atomic E-state index is 0.00437. The summed E-state index contributed by atoms with van der Waals surface area (Å²) in [5.41, 5.74) is 15.2. The number of aromatic nitrogens is 3. The van der Waals surface area contributed by atoms with Crippen LogP contribution in [0.5, 0.6) is 0 Å². The molecule has 1 saturated carbocycles. The van der Waals surface area contributed by atoms with Gasteiger partial charge < -0.3 is 4.42 Å². The molecule has 0 atom stereocenters. The maximum Gasteiger partial charge on any atom is 0.164 e. The summed E-state index contributed by atoms with van der Waals surface area (Å²) in [5, 5.41) is 11.8. The third-order valence-electron chi connectivity index (χ3n) is 12.2. The van der Waals surface area contributed by atoms with Crippen molar-refractivity contribution in [2.75, 3.05) is 0 Å². The van der Waals surface area contributed by atoms with Gasteiger partial charge in [0.15, 0.2) is 17.5 Å². The van der Waals surface area contributed by atoms with Crippen LogP contribution < -0.4 is 0 Å². The Labute approximate surface area is 331 Å². The van der Waals surface area contributed by atoms with Gasteiger partial charge in [0.05, 0.1) is 11.6 Å². The molecule has 2 aromatic heterocycles. The van der Waals surface area contributed by atoms with E-state index in [1.165, 1.54) is 52.6 Å². The first kappa shape index (κ1) is 33.2. The van der Waals surface area contributed by atoms with Gasteiger partial charge in [0.25, 0.3) is 0 Å². The summed E-state index contributed by atoms with van der Waals surface area (Å²) in [7, 11) is 0. The van der Waals surface area contributed by atoms with Gasteiger partial charge in [0.2, 0.25) is 0 Å². The zero-order valence-corrected chi connectivity index (χ0v) is 31.2. The first-order valence-electron chi connectivity index (χ1n) is 19.8. The molecule has 1 spiro atoms. The number of fused-ring (bicyclic) bond motifs is 8. The zero-order chi connectivity index (χ0) is 37.9. The summed E-state index contributed by atoms with van der Waals surface area (Å²) in [6, 6.07) is 57.2. The summed E-state index contributed by atoms with van der Waals surface area (Å²) in [5.74, 6) is 1.84. The second-order valence-electron chi connectivity index (χ2n) is 15.3. The molecule has 9 aromatic rings. The lowest BCUT2D eigenvalue weighted by Gasteiger charge is -2.36. The van der Waals surface area contributed by atoms with E-state index in [4.69, 9.17) is 19.4 Å². The standard InChI is InChI=1S/C52H36N4O/c53-32-33-19-28-40-44(31-33)52(29-7-2-8-30-52)43-16-9-14-39(47(40)43)36-24-20-34(21-25-36)35-22-26-38(27-23-35)50-54-49(37-11-3-1-4-12-37)55-51(56-50)42-15-10-18-46-48(42)41-13-5-6-17-45(41)57-46/h1,3-6,9-28,31H,2,7-8,29-30H2. The minimum Gasteiger partial charge on any atom is -0.456 e. The Morgan fingerprint density at radius 2 is 1.09 bits per heavy atom. The van der Waals surface area contributed by atoms with Gasteiger partial charge in [-0.25, -0.2) is 15.0 Å². The fourth-order valence-electron chi connectivity index (χ4n) is 9.51. The Kier molecular flexibility index (Phi) is 7.72. The van der Waals surface area contributed by atoms with Crippen LogP contribution in [0.25, 0.3) is 89.5 Å². The number of nitrogens with zero attached hydrogens (tertiary/aromatic N) is 4. The van der Waals surface area contributed by atoms with Gasteiger partial charge in [-0.1, -0.05) is 153 Å². The number of furan rings is 1. The average Bonchev–Trinajstić information content (AvgIpc) is 3.80. The van der Waals surface area contributed by atoms with Gasteiger partial charge in [0, 0.05) is 32.9 Å². The molecule has 2 heterocycles. The van der Waals surface area contributed by atoms with Crippen molar-refractivity contribution in [3.8, 4) is 73.6 Å². The van der Waals surface area contributed by atoms with Gasteiger partial charge in [-0.15, -0.1) is 0 Å². The third kappa shape index (κ3) is 5.40. The second kappa shape index (κ2) is 13.3. The maximum atomic E-state index is 9.80. The Morgan fingerprint density at radius 1 is 0.474 bits per heavy atom. The summed E-state index contributed by atoms with van der Waals surface area (Å²) in [6.07, 6.45) is 5.98. The van der Waals surface area contributed by atoms with Crippen molar-refractivity contribution in [2.45, 2.75) is 37.5 Å². The summed E-state index contributed by atoms with van der Waals surface area (Å²) in [4.78, 5) is 15.1. The molecular formula is C52H36N4O. The fourth-order valence-corrected chi connectivity index (χ4v) is 9.51. The molecule has 11 rings (SSSR count). The van der Waals surface area contributed by atoms with Crippen LogP contribution >= 0.6 is 0 Å². The lowest BCUT2D eigenvalue weighted by atomic mass is 9.67. The van der Waals surface area contributed by atoms with E-state index in [0.717, 1.165) is 68.2 Å². The Morgan fingerprint density at radius 3 is 1.84 bits per heavy atom. The summed E-state index contributed by atoms with van der Waals surface area (Å²) < 4.78 is 6.22. The van der Waals surface area contributed by atoms with Crippen LogP contribution in [0.3, 0.4) is 0 Å². The Balaban J connectivity index is 0.954. The number of hydrogen-bond acceptors (Lipinski definition) is 5. The smallest absolute Gasteiger partial charge is 0.164 e. The van der Waals surface area contributed by atoms with Crippen LogP contribution in [0.15, 0.2) is 162 Å². The number of rotatable bonds is 5. The molecule has 0 amide bonds. The van der Waals surface area contributed by atoms with Crippen molar-refractivity contribution in [2.24, 2.45) is 0 Å². The van der Waals surface area contributed by atoms with Gasteiger partial charge in [-0.05, 0) is 81.6 Å². The summed E-state index contributed by atoms with van der Waals surface area (Å²) >= 11 is 0. The maximum absolute atomic E-state index is 9.80. The molecule has 2 aliphatic carbocycles. The molecule has 270 valence electrons. The molecule has 0 radical (unpaired) electrons. The van der Waals surface area contributed by atoms with E-state index in [1.807, 2.05) is 66.7 Å². The van der Waals surface area contributed by atoms with Gasteiger partial charge in [-0.2, -0.15) is 5.26 Å². The van der Waals surface area contributed by atoms with Crippen LogP contribution in [0.2, 0.25) is 0 Å². The second-order valence-corrected chi connectivity index (χ2v) is 15.3. The fraction of sp³-hybridized carbons (Fsp3) is 0.115. The molecular weight excluding hydrogens is 697 g/mol. The highest BCUT2D eigenvalue weighted by molar-refractivity contribution is 6.11. The minimum atomic E-state index is -0.00437. The van der Waals surface area contributed by atoms with Crippen molar-refractivity contribution in [1.29, 1.82) is 5.26 Å². The number of nitriles is 1. The van der Waals surface area contributed by atoms with E-state index in [2.05, 4.69) is 97.1 Å². The predicted octanol–water partition coefficient (Wildman–Crippen LogP) is 13.2. The normalized spacial score (nSPS) is 14.1. The number of hydrogen-bond donors (Lipinski definition) is 0. The van der Waals surface area contributed by atoms with E-state index < -0.39 is 0 Å². The molecule has 57 heavy (non-hydrogen) atoms. The largest absolute Gasteiger partial charge is 0.456 e. The predicted molar refractivity (Wildman–Crippen MR) is 228 cm³/mol. The highest BCUT2D eigenvalue weighted by atomic mass is 16.3. The first-order valence-corrected chi connectivity index (χ1v) is 19.8. The molecule has 0 bridgehead atoms. The molecule has 5 nitrogen and oxygen atoms in total. The number of para-hydroxylation sites is 1. The lowest BCUT2D eigenvalue weighted by molar-refractivity contribution is 0.353. The van der Waals surface area contributed by atoms with E-state index in [0.29, 0.717) is 17.5 Å². The van der Waals surface area contributed by atoms with Crippen LogP contribution in [0.1, 0.15) is 48.8 Å². The zero-order valence-electron chi connectivity index (χ0n) is 31.2. The van der Waals surface area contributed by atoms with Gasteiger partial charge in [0.1, 0.15) is 11.2 Å². The van der Waals surface area contributed by atoms with Crippen molar-refractivity contribution < 1.29 is 4.42 Å². The molecule has 1 fully saturated rings. The van der Waals surface area contributed by atoms with E-state index in [1.54, 1.807) is 0 Å². The number of benzene rings is 7. The van der Waals surface area contributed by atoms with Crippen LogP contribution in [0, 0.1) is 11.3 Å². The molecule has 0 aliphatic heterocycles. The molecule has 2 aliphatic rings. The van der Waals surface area contributed by atoms with E-state index in [-0.39, 0.29) is 5.41 Å². The highest BCUT2D eigenvalue weighted by Gasteiger charge is 2.44. The monoisotopic (exact) mass is 732 g/mol. The highest BCUT2D eigenvalue weighted by Crippen LogP contribution is 2.58.